The summed E-state index contributed by atoms with van der Waals surface area (Å²) in [4.78, 5) is 71.4. The van der Waals surface area contributed by atoms with Gasteiger partial charge in [-0.1, -0.05) is 146 Å². The number of rotatable bonds is 19. The van der Waals surface area contributed by atoms with E-state index in [9.17, 15) is 63.5 Å². The highest BCUT2D eigenvalue weighted by atomic mass is 32.2. The van der Waals surface area contributed by atoms with Crippen molar-refractivity contribution in [3.05, 3.63) is 179 Å². The van der Waals surface area contributed by atoms with Gasteiger partial charge in [0.1, 0.15) is 31.9 Å². The molecular weight excluding hydrogens is 1200 g/mol. The van der Waals surface area contributed by atoms with E-state index < -0.39 is 115 Å². The number of halogens is 6. The molecule has 1 saturated heterocycles. The zero-order valence-electron chi connectivity index (χ0n) is 47.3. The molecule has 27 heteroatoms. The Morgan fingerprint density at radius 1 is 0.517 bits per heavy atom. The summed E-state index contributed by atoms with van der Waals surface area (Å²) in [5, 5.41) is 31.3. The Balaban J connectivity index is 0.000000173. The van der Waals surface area contributed by atoms with Gasteiger partial charge in [0.25, 0.3) is 0 Å². The molecule has 3 amide bonds. The molecule has 5 N–H and O–H groups in total. The normalized spacial score (nSPS) is 16.6. The molecule has 1 aliphatic heterocycles. The molecule has 6 aromatic carbocycles. The van der Waals surface area contributed by atoms with Gasteiger partial charge in [-0.25, -0.2) is 19.2 Å². The molecule has 472 valence electrons. The van der Waals surface area contributed by atoms with Crippen LogP contribution in [0.5, 0.6) is 0 Å². The van der Waals surface area contributed by atoms with Crippen molar-refractivity contribution in [2.45, 2.75) is 74.3 Å². The third kappa shape index (κ3) is 15.9. The Bertz CT molecular complexity index is 3390. The number of ether oxygens (including phenoxy) is 5. The number of alkyl halides is 6. The minimum absolute atomic E-state index is 0.0259. The van der Waals surface area contributed by atoms with Gasteiger partial charge in [-0.3, -0.25) is 13.8 Å². The average molecular weight is 1260 g/mol. The molecule has 0 saturated carbocycles. The number of amides is 3. The van der Waals surface area contributed by atoms with Crippen LogP contribution < -0.4 is 10.6 Å². The van der Waals surface area contributed by atoms with Crippen LogP contribution in [0, 0.1) is 0 Å². The number of hydrogen-bond donors (Lipinski definition) is 5. The molecular formula is C62H59F6N3O17S. The summed E-state index contributed by atoms with van der Waals surface area (Å²) in [5.74, 6) is -3.13. The Morgan fingerprint density at radius 2 is 0.820 bits per heavy atom. The number of alkyl carbamates (subject to hydrolysis) is 2. The number of carboxylic acids is 1. The number of benzene rings is 6. The largest absolute Gasteiger partial charge is 0.480 e. The molecule has 0 bridgehead atoms. The van der Waals surface area contributed by atoms with Gasteiger partial charge in [0.05, 0.1) is 33.0 Å². The van der Waals surface area contributed by atoms with Crippen molar-refractivity contribution in [3.8, 4) is 33.4 Å². The number of fused-ring (bicyclic) bond motifs is 9. The number of nitrogens with zero attached hydrogens (tertiary/aromatic N) is 1. The number of nitrogens with one attached hydrogen (secondary N) is 2. The first-order chi connectivity index (χ1) is 42.3. The molecule has 2 unspecified atom stereocenters. The monoisotopic (exact) mass is 1260 g/mol. The predicted molar refractivity (Wildman–Crippen MR) is 304 cm³/mol. The number of aliphatic carboxylic acids is 1. The maximum atomic E-state index is 12.4. The fourth-order valence-electron chi connectivity index (χ4n) is 10.4. The summed E-state index contributed by atoms with van der Waals surface area (Å²) in [6, 6.07) is 42.4. The van der Waals surface area contributed by atoms with Crippen LogP contribution in [-0.4, -0.2) is 159 Å². The number of carbonyl (C=O) groups is 6. The van der Waals surface area contributed by atoms with Gasteiger partial charge >= 0.3 is 46.9 Å². The van der Waals surface area contributed by atoms with Crippen LogP contribution in [0.2, 0.25) is 0 Å². The summed E-state index contributed by atoms with van der Waals surface area (Å²) < 4.78 is 128. The van der Waals surface area contributed by atoms with Crippen LogP contribution in [0.4, 0.5) is 40.7 Å². The van der Waals surface area contributed by atoms with Crippen LogP contribution in [0.3, 0.4) is 0 Å². The first kappa shape index (κ1) is 66.2. The summed E-state index contributed by atoms with van der Waals surface area (Å²) >= 11 is 0. The van der Waals surface area contributed by atoms with E-state index in [0.717, 1.165) is 73.7 Å². The van der Waals surface area contributed by atoms with Crippen molar-refractivity contribution in [2.24, 2.45) is 0 Å². The van der Waals surface area contributed by atoms with E-state index >= 15 is 0 Å². The number of Topliss-reactive ketones (excluding diaryl/α,β-unsaturated/α-hetero) is 2. The molecule has 89 heavy (non-hydrogen) atoms. The van der Waals surface area contributed by atoms with Gasteiger partial charge < -0.3 is 49.6 Å². The van der Waals surface area contributed by atoms with Gasteiger partial charge in [0.2, 0.25) is 0 Å². The second-order valence-corrected chi connectivity index (χ2v) is 22.1. The van der Waals surface area contributed by atoms with Crippen molar-refractivity contribution in [1.82, 2.24) is 14.9 Å². The second-order valence-electron chi connectivity index (χ2n) is 20.7. The van der Waals surface area contributed by atoms with Crippen LogP contribution in [-0.2, 0) is 52.6 Å². The molecule has 5 atom stereocenters. The summed E-state index contributed by atoms with van der Waals surface area (Å²) in [6.45, 7) is -1.57. The first-order valence-electron chi connectivity index (χ1n) is 27.4. The van der Waals surface area contributed by atoms with Crippen LogP contribution in [0.1, 0.15) is 65.0 Å². The van der Waals surface area contributed by atoms with Gasteiger partial charge in [-0.05, 0) is 80.6 Å². The summed E-state index contributed by atoms with van der Waals surface area (Å²) in [5.41, 5.74) is 12.3. The lowest BCUT2D eigenvalue weighted by molar-refractivity contribution is -0.218. The molecule has 0 aromatic heterocycles. The van der Waals surface area contributed by atoms with Crippen molar-refractivity contribution in [2.75, 3.05) is 52.9 Å². The van der Waals surface area contributed by atoms with E-state index in [-0.39, 0.29) is 44.2 Å². The van der Waals surface area contributed by atoms with Gasteiger partial charge in [-0.15, -0.1) is 0 Å². The number of aliphatic hydroxyl groups excluding tert-OH is 2. The highest BCUT2D eigenvalue weighted by molar-refractivity contribution is 7.85. The van der Waals surface area contributed by atoms with E-state index in [2.05, 4.69) is 19.6 Å². The molecule has 1 heterocycles. The van der Waals surface area contributed by atoms with Gasteiger partial charge in [-0.2, -0.15) is 39.1 Å². The highest BCUT2D eigenvalue weighted by Crippen LogP contribution is 2.47. The van der Waals surface area contributed by atoms with E-state index in [0.29, 0.717) is 4.31 Å². The predicted octanol–water partition coefficient (Wildman–Crippen LogP) is 8.81. The van der Waals surface area contributed by atoms with Crippen LogP contribution >= 0.6 is 0 Å². The lowest BCUT2D eigenvalue weighted by Crippen LogP contribution is -2.45. The molecule has 0 spiro atoms. The molecule has 1 fully saturated rings. The maximum Gasteiger partial charge on any atom is 0.426 e. The van der Waals surface area contributed by atoms with Crippen LogP contribution in [0.25, 0.3) is 33.4 Å². The van der Waals surface area contributed by atoms with E-state index in [1.165, 1.54) is 6.92 Å². The van der Waals surface area contributed by atoms with Crippen molar-refractivity contribution in [1.29, 1.82) is 0 Å². The Kier molecular flexibility index (Phi) is 21.3. The Morgan fingerprint density at radius 3 is 1.12 bits per heavy atom. The molecule has 6 aromatic rings. The quantitative estimate of drug-likeness (QED) is 0.0374. The van der Waals surface area contributed by atoms with Crippen LogP contribution in [0.15, 0.2) is 146 Å². The fraction of sp³-hybridized carbons (Fsp3) is 0.323. The lowest BCUT2D eigenvalue weighted by Gasteiger charge is -2.20. The fourth-order valence-corrected chi connectivity index (χ4v) is 11.5. The molecule has 4 aliphatic rings. The van der Waals surface area contributed by atoms with E-state index in [1.807, 2.05) is 146 Å². The number of hydrogen-bond acceptors (Lipinski definition) is 16. The summed E-state index contributed by atoms with van der Waals surface area (Å²) in [6.07, 6.45) is -18.2. The SMILES string of the molecule is CC(=O)[C@@H]1COS(=O)(=O)N1C(=O)OCC1c2ccccc2-c2ccccc21.CC(=O)[C@H](COCC(O)C(F)(F)F)NC(=O)OCC1c2ccccc2-c2ccccc21.O=C(N[C@@H](COCC(O)C(F)(F)F)C(=O)O)OCC1c2ccccc2-c2ccccc21. The molecule has 0 radical (unpaired) electrons. The Hall–Kier alpha value is -8.73. The standard InChI is InChI=1S/C22H22F3NO5.C21H20F3NO6.C19H17NO6S/c1-13(27)19(11-30-12-20(28)22(23,24)25)26-21(29)31-10-18-16-8-4-2-6-14(16)15-7-3-5-9-17(15)18;22-21(23,24)18(26)11-30-10-17(19(27)28)25-20(29)31-9-16-14-7-3-1-5-12(14)13-6-2-4-8-15(13)16;1-12(21)18-11-26-27(23,24)20(18)19(22)25-10-17-15-8-4-2-6-13(15)14-7-3-5-9-16(14)17/h2-9,18-20,28H,10-12H2,1H3,(H,26,29);1-8,16-18,26H,9-11H2,(H,25,29)(H,27,28);2-9,17-18H,10-11H2,1H3/t19-,20?;17-,18?;18-/m000/s1. The zero-order chi connectivity index (χ0) is 64.4. The van der Waals surface area contributed by atoms with E-state index in [1.54, 1.807) is 0 Å². The average Bonchev–Trinajstić information content (AvgIpc) is 2.28. The number of carboxylic acid groups (broad SMARTS) is 1. The zero-order valence-corrected chi connectivity index (χ0v) is 48.1. The minimum atomic E-state index is -4.89. The smallest absolute Gasteiger partial charge is 0.426 e. The maximum absolute atomic E-state index is 12.4. The highest BCUT2D eigenvalue weighted by Gasteiger charge is 2.47. The Labute approximate surface area is 505 Å². The first-order valence-corrected chi connectivity index (χ1v) is 28.8. The van der Waals surface area contributed by atoms with Crippen molar-refractivity contribution in [3.63, 3.8) is 0 Å². The number of aliphatic hydroxyl groups is 2. The van der Waals surface area contributed by atoms with Crippen molar-refractivity contribution < 1.29 is 107 Å². The minimum Gasteiger partial charge on any atom is -0.480 e. The van der Waals surface area contributed by atoms with Crippen molar-refractivity contribution >= 4 is 46.1 Å². The van der Waals surface area contributed by atoms with Gasteiger partial charge in [0.15, 0.2) is 29.8 Å². The molecule has 10 rings (SSSR count). The second kappa shape index (κ2) is 28.6. The van der Waals surface area contributed by atoms with E-state index in [4.69, 9.17) is 34.3 Å². The number of ketones is 2. The summed E-state index contributed by atoms with van der Waals surface area (Å²) in [7, 11) is -4.31. The third-order valence-corrected chi connectivity index (χ3v) is 16.1. The third-order valence-electron chi connectivity index (χ3n) is 14.8. The number of carbonyl (C=O) groups excluding carboxylic acids is 5. The molecule has 3 aliphatic carbocycles. The lowest BCUT2D eigenvalue weighted by atomic mass is 9.98. The van der Waals surface area contributed by atoms with Gasteiger partial charge in [0, 0.05) is 17.8 Å². The molecule has 20 nitrogen and oxygen atoms in total. The topological polar surface area (TPSA) is 280 Å².